The first kappa shape index (κ1) is 13.5. The molecular weight excluding hydrogens is 184 g/mol. The molecule has 0 atom stereocenters. The highest BCUT2D eigenvalue weighted by Crippen LogP contribution is 1.97. The van der Waals surface area contributed by atoms with Crippen LogP contribution in [0.5, 0.6) is 0 Å². The number of hydrogen-bond acceptors (Lipinski definition) is 1. The summed E-state index contributed by atoms with van der Waals surface area (Å²) in [6.07, 6.45) is 5.63. The molecular formula is C14H20O. The Balaban J connectivity index is 0.000000265. The van der Waals surface area contributed by atoms with E-state index >= 15 is 0 Å². The van der Waals surface area contributed by atoms with Crippen LogP contribution in [-0.4, -0.2) is 6.61 Å². The molecule has 0 saturated heterocycles. The van der Waals surface area contributed by atoms with E-state index in [2.05, 4.69) is 20.1 Å². The molecule has 0 unspecified atom stereocenters. The van der Waals surface area contributed by atoms with Gasteiger partial charge in [-0.1, -0.05) is 62.9 Å². The van der Waals surface area contributed by atoms with Gasteiger partial charge < -0.3 is 4.74 Å². The molecule has 0 aromatic heterocycles. The molecule has 1 rings (SSSR count). The molecule has 0 spiro atoms. The molecule has 1 heteroatoms. The second-order valence-corrected chi connectivity index (χ2v) is 3.01. The van der Waals surface area contributed by atoms with Crippen LogP contribution in [0, 0.1) is 0 Å². The summed E-state index contributed by atoms with van der Waals surface area (Å²) >= 11 is 0. The highest BCUT2D eigenvalue weighted by Gasteiger charge is 1.76. The first-order valence-electron chi connectivity index (χ1n) is 5.25. The van der Waals surface area contributed by atoms with Gasteiger partial charge in [0.15, 0.2) is 0 Å². The van der Waals surface area contributed by atoms with Gasteiger partial charge in [0.05, 0.1) is 12.9 Å². The second-order valence-electron chi connectivity index (χ2n) is 3.01. The van der Waals surface area contributed by atoms with Crippen molar-refractivity contribution < 1.29 is 4.74 Å². The van der Waals surface area contributed by atoms with Gasteiger partial charge in [0.1, 0.15) is 0 Å². The fourth-order valence-corrected chi connectivity index (χ4v) is 0.900. The predicted molar refractivity (Wildman–Crippen MR) is 67.6 cm³/mol. The Morgan fingerprint density at radius 1 is 1.20 bits per heavy atom. The quantitative estimate of drug-likeness (QED) is 0.514. The van der Waals surface area contributed by atoms with E-state index in [1.54, 1.807) is 0 Å². The Morgan fingerprint density at radius 3 is 2.27 bits per heavy atom. The van der Waals surface area contributed by atoms with Gasteiger partial charge in [0.25, 0.3) is 0 Å². The van der Waals surface area contributed by atoms with E-state index in [4.69, 9.17) is 4.74 Å². The minimum absolute atomic E-state index is 0.819. The standard InChI is InChI=1S/C8H8.C6H12O/c1-2-8-6-4-3-5-7-8;1-3-5-6-7-4-2/h2-7H,1H2;4H,2-3,5-6H2,1H3. The summed E-state index contributed by atoms with van der Waals surface area (Å²) in [6.45, 7) is 9.99. The lowest BCUT2D eigenvalue weighted by atomic mass is 10.2. The Hall–Kier alpha value is -1.50. The molecule has 0 aliphatic heterocycles. The van der Waals surface area contributed by atoms with E-state index < -0.39 is 0 Å². The lowest BCUT2D eigenvalue weighted by Crippen LogP contribution is -1.83. The van der Waals surface area contributed by atoms with Crippen molar-refractivity contribution in [2.24, 2.45) is 0 Å². The Bertz CT molecular complexity index is 251. The maximum absolute atomic E-state index is 4.84. The summed E-state index contributed by atoms with van der Waals surface area (Å²) in [7, 11) is 0. The number of ether oxygens (including phenoxy) is 1. The molecule has 0 amide bonds. The number of rotatable bonds is 5. The van der Waals surface area contributed by atoms with E-state index in [-0.39, 0.29) is 0 Å². The predicted octanol–water partition coefficient (Wildman–Crippen LogP) is 4.28. The third-order valence-corrected chi connectivity index (χ3v) is 1.77. The van der Waals surface area contributed by atoms with Gasteiger partial charge in [-0.05, 0) is 12.0 Å². The minimum atomic E-state index is 0.819. The zero-order valence-corrected chi connectivity index (χ0v) is 9.49. The molecule has 1 aromatic carbocycles. The lowest BCUT2D eigenvalue weighted by Gasteiger charge is -1.93. The Kier molecular flexibility index (Phi) is 9.52. The zero-order chi connectivity index (χ0) is 11.4. The van der Waals surface area contributed by atoms with Crippen LogP contribution < -0.4 is 0 Å². The molecule has 0 N–H and O–H groups in total. The van der Waals surface area contributed by atoms with Crippen LogP contribution in [0.4, 0.5) is 0 Å². The molecule has 82 valence electrons. The van der Waals surface area contributed by atoms with Crippen molar-refractivity contribution in [2.75, 3.05) is 6.61 Å². The minimum Gasteiger partial charge on any atom is -0.502 e. The molecule has 1 nitrogen and oxygen atoms in total. The molecule has 0 aliphatic carbocycles. The van der Waals surface area contributed by atoms with Gasteiger partial charge in [0.2, 0.25) is 0 Å². The maximum atomic E-state index is 4.84. The average molecular weight is 204 g/mol. The molecule has 1 aromatic rings. The smallest absolute Gasteiger partial charge is 0.0872 e. The fraction of sp³-hybridized carbons (Fsp3) is 0.286. The van der Waals surface area contributed by atoms with Crippen LogP contribution in [0.25, 0.3) is 6.08 Å². The van der Waals surface area contributed by atoms with Crippen LogP contribution in [-0.2, 0) is 4.74 Å². The summed E-state index contributed by atoms with van der Waals surface area (Å²) in [6, 6.07) is 10.0. The van der Waals surface area contributed by atoms with Crippen LogP contribution in [0.15, 0.2) is 49.8 Å². The monoisotopic (exact) mass is 204 g/mol. The molecule has 0 saturated carbocycles. The van der Waals surface area contributed by atoms with Gasteiger partial charge in [0, 0.05) is 0 Å². The van der Waals surface area contributed by atoms with E-state index in [0.717, 1.165) is 13.0 Å². The first-order chi connectivity index (χ1) is 7.35. The average Bonchev–Trinajstić information content (AvgIpc) is 2.32. The molecule has 0 bridgehead atoms. The second kappa shape index (κ2) is 10.6. The molecule has 0 fully saturated rings. The molecule has 15 heavy (non-hydrogen) atoms. The van der Waals surface area contributed by atoms with Crippen LogP contribution >= 0.6 is 0 Å². The fourth-order valence-electron chi connectivity index (χ4n) is 0.900. The highest BCUT2D eigenvalue weighted by atomic mass is 16.5. The number of hydrogen-bond donors (Lipinski definition) is 0. The topological polar surface area (TPSA) is 9.23 Å². The summed E-state index contributed by atoms with van der Waals surface area (Å²) in [4.78, 5) is 0. The Labute approximate surface area is 93.1 Å². The third-order valence-electron chi connectivity index (χ3n) is 1.77. The highest BCUT2D eigenvalue weighted by molar-refractivity contribution is 5.45. The van der Waals surface area contributed by atoms with Crippen molar-refractivity contribution in [3.8, 4) is 0 Å². The molecule has 0 aliphatic rings. The third kappa shape index (κ3) is 8.82. The Morgan fingerprint density at radius 2 is 1.87 bits per heavy atom. The summed E-state index contributed by atoms with van der Waals surface area (Å²) < 4.78 is 4.84. The molecule has 0 heterocycles. The van der Waals surface area contributed by atoms with Crippen molar-refractivity contribution in [2.45, 2.75) is 19.8 Å². The summed E-state index contributed by atoms with van der Waals surface area (Å²) in [5.41, 5.74) is 1.17. The maximum Gasteiger partial charge on any atom is 0.0872 e. The first-order valence-corrected chi connectivity index (χ1v) is 5.25. The normalized spacial score (nSPS) is 8.33. The van der Waals surface area contributed by atoms with Gasteiger partial charge in [-0.25, -0.2) is 0 Å². The van der Waals surface area contributed by atoms with Crippen molar-refractivity contribution in [3.63, 3.8) is 0 Å². The summed E-state index contributed by atoms with van der Waals surface area (Å²) in [5, 5.41) is 0. The van der Waals surface area contributed by atoms with Gasteiger partial charge in [-0.15, -0.1) is 0 Å². The zero-order valence-electron chi connectivity index (χ0n) is 9.49. The number of unbranched alkanes of at least 4 members (excludes halogenated alkanes) is 1. The van der Waals surface area contributed by atoms with Crippen LogP contribution in [0.1, 0.15) is 25.3 Å². The van der Waals surface area contributed by atoms with Crippen LogP contribution in [0.2, 0.25) is 0 Å². The van der Waals surface area contributed by atoms with Crippen molar-refractivity contribution >= 4 is 6.08 Å². The van der Waals surface area contributed by atoms with Crippen LogP contribution in [0.3, 0.4) is 0 Å². The van der Waals surface area contributed by atoms with Gasteiger partial charge in [-0.3, -0.25) is 0 Å². The van der Waals surface area contributed by atoms with E-state index in [0.29, 0.717) is 0 Å². The van der Waals surface area contributed by atoms with Gasteiger partial charge >= 0.3 is 0 Å². The molecule has 0 radical (unpaired) electrons. The van der Waals surface area contributed by atoms with Gasteiger partial charge in [-0.2, -0.15) is 0 Å². The van der Waals surface area contributed by atoms with E-state index in [9.17, 15) is 0 Å². The van der Waals surface area contributed by atoms with Crippen molar-refractivity contribution in [1.82, 2.24) is 0 Å². The summed E-state index contributed by atoms with van der Waals surface area (Å²) in [5.74, 6) is 0. The SMILES string of the molecule is C=COCCCC.C=Cc1ccccc1. The van der Waals surface area contributed by atoms with Crippen molar-refractivity contribution in [1.29, 1.82) is 0 Å². The lowest BCUT2D eigenvalue weighted by molar-refractivity contribution is 0.245. The van der Waals surface area contributed by atoms with E-state index in [1.807, 2.05) is 36.4 Å². The largest absolute Gasteiger partial charge is 0.502 e. The van der Waals surface area contributed by atoms with E-state index in [1.165, 1.54) is 18.2 Å². The van der Waals surface area contributed by atoms with Crippen molar-refractivity contribution in [3.05, 3.63) is 55.3 Å². The number of benzene rings is 1.